The third kappa shape index (κ3) is 1.92. The first-order chi connectivity index (χ1) is 9.99. The van der Waals surface area contributed by atoms with Gasteiger partial charge in [0.15, 0.2) is 4.33 Å². The molecule has 122 valence electrons. The third-order valence-corrected chi connectivity index (χ3v) is 8.06. The number of allylic oxidation sites excluding steroid dienone is 2. The molecule has 0 heterocycles. The van der Waals surface area contributed by atoms with Crippen LogP contribution in [0.25, 0.3) is 0 Å². The van der Waals surface area contributed by atoms with Crippen molar-refractivity contribution in [2.45, 2.75) is 14.1 Å². The molecular weight excluding hydrogens is 421 g/mol. The predicted octanol–water partition coefficient (Wildman–Crippen LogP) is 3.88. The van der Waals surface area contributed by atoms with Crippen LogP contribution in [0.5, 0.6) is 0 Å². The quantitative estimate of drug-likeness (QED) is 0.419. The fourth-order valence-corrected chi connectivity index (χ4v) is 5.75. The maximum atomic E-state index is 12.3. The molecule has 0 saturated heterocycles. The standard InChI is InChI=1S/C12H8Cl6O4/c1-2-3-22-9(21)5-4(8(19)20)10(15)6(13)7(14)11(5,16)12(10,17)18/h2,4-5H,1,3H2,(H,19,20)/t4-,5-,10+,11+/m1/s1. The predicted molar refractivity (Wildman–Crippen MR) is 86.1 cm³/mol. The van der Waals surface area contributed by atoms with Crippen LogP contribution in [0.4, 0.5) is 0 Å². The number of ether oxygens (including phenoxy) is 1. The molecule has 4 atom stereocenters. The highest BCUT2D eigenvalue weighted by Crippen LogP contribution is 2.76. The van der Waals surface area contributed by atoms with Gasteiger partial charge in [-0.05, 0) is 0 Å². The Morgan fingerprint density at radius 3 is 2.00 bits per heavy atom. The van der Waals surface area contributed by atoms with E-state index in [9.17, 15) is 14.7 Å². The zero-order valence-corrected chi connectivity index (χ0v) is 15.1. The molecule has 2 aliphatic carbocycles. The summed E-state index contributed by atoms with van der Waals surface area (Å²) in [5, 5.41) is 8.92. The van der Waals surface area contributed by atoms with Gasteiger partial charge in [-0.3, -0.25) is 9.59 Å². The van der Waals surface area contributed by atoms with E-state index >= 15 is 0 Å². The molecule has 2 bridgehead atoms. The number of aliphatic carboxylic acids is 1. The molecule has 0 aliphatic heterocycles. The summed E-state index contributed by atoms with van der Waals surface area (Å²) in [5.41, 5.74) is 0. The molecule has 0 aromatic rings. The Balaban J connectivity index is 2.67. The highest BCUT2D eigenvalue weighted by molar-refractivity contribution is 6.66. The van der Waals surface area contributed by atoms with Gasteiger partial charge in [-0.25, -0.2) is 0 Å². The second-order valence-corrected chi connectivity index (χ2v) is 8.11. The van der Waals surface area contributed by atoms with Crippen molar-refractivity contribution in [3.8, 4) is 0 Å². The van der Waals surface area contributed by atoms with E-state index in [-0.39, 0.29) is 16.7 Å². The molecule has 2 rings (SSSR count). The van der Waals surface area contributed by atoms with E-state index in [1.807, 2.05) is 0 Å². The molecule has 0 spiro atoms. The van der Waals surface area contributed by atoms with Gasteiger partial charge in [0.1, 0.15) is 16.4 Å². The number of carbonyl (C=O) groups excluding carboxylic acids is 1. The summed E-state index contributed by atoms with van der Waals surface area (Å²) in [5.74, 6) is -5.55. The van der Waals surface area contributed by atoms with Crippen LogP contribution in [0.2, 0.25) is 0 Å². The fourth-order valence-electron chi connectivity index (χ4n) is 2.82. The number of halogens is 6. The third-order valence-electron chi connectivity index (χ3n) is 3.80. The fraction of sp³-hybridized carbons (Fsp3) is 0.500. The van der Waals surface area contributed by atoms with E-state index in [0.29, 0.717) is 0 Å². The second-order valence-electron chi connectivity index (χ2n) is 4.84. The van der Waals surface area contributed by atoms with Gasteiger partial charge in [0.25, 0.3) is 0 Å². The molecule has 0 aromatic heterocycles. The average molecular weight is 429 g/mol. The lowest BCUT2D eigenvalue weighted by Gasteiger charge is -2.32. The van der Waals surface area contributed by atoms with Crippen LogP contribution < -0.4 is 0 Å². The van der Waals surface area contributed by atoms with Gasteiger partial charge in [-0.15, -0.1) is 23.2 Å². The van der Waals surface area contributed by atoms with Gasteiger partial charge in [0.05, 0.1) is 21.9 Å². The topological polar surface area (TPSA) is 63.6 Å². The van der Waals surface area contributed by atoms with Crippen molar-refractivity contribution in [3.05, 3.63) is 22.7 Å². The number of hydrogen-bond donors (Lipinski definition) is 1. The molecule has 0 radical (unpaired) electrons. The Kier molecular flexibility index (Phi) is 4.72. The normalized spacial score (nSPS) is 39.0. The Morgan fingerprint density at radius 1 is 1.14 bits per heavy atom. The van der Waals surface area contributed by atoms with E-state index in [0.717, 1.165) is 0 Å². The Bertz CT molecular complexity index is 602. The summed E-state index contributed by atoms with van der Waals surface area (Å²) in [6.45, 7) is 3.23. The lowest BCUT2D eigenvalue weighted by molar-refractivity contribution is -0.156. The largest absolute Gasteiger partial charge is 0.481 e. The Hall–Kier alpha value is 0.160. The number of carboxylic acids is 1. The van der Waals surface area contributed by atoms with E-state index in [2.05, 4.69) is 6.58 Å². The monoisotopic (exact) mass is 426 g/mol. The summed E-state index contributed by atoms with van der Waals surface area (Å²) >= 11 is 37.2. The van der Waals surface area contributed by atoms with Crippen LogP contribution in [0.15, 0.2) is 22.7 Å². The van der Waals surface area contributed by atoms with Gasteiger partial charge in [0, 0.05) is 0 Å². The number of carbonyl (C=O) groups is 2. The highest BCUT2D eigenvalue weighted by Gasteiger charge is 2.85. The molecule has 2 aliphatic rings. The Morgan fingerprint density at radius 2 is 1.59 bits per heavy atom. The number of rotatable bonds is 4. The van der Waals surface area contributed by atoms with Crippen LogP contribution in [0.3, 0.4) is 0 Å². The summed E-state index contributed by atoms with van der Waals surface area (Å²) in [4.78, 5) is 19.9. The number of esters is 1. The number of alkyl halides is 4. The second kappa shape index (κ2) is 5.61. The molecule has 4 nitrogen and oxygen atoms in total. The lowest BCUT2D eigenvalue weighted by atomic mass is 9.82. The number of hydrogen-bond acceptors (Lipinski definition) is 3. The maximum absolute atomic E-state index is 12.3. The van der Waals surface area contributed by atoms with Crippen molar-refractivity contribution < 1.29 is 19.4 Å². The van der Waals surface area contributed by atoms with Crippen molar-refractivity contribution in [3.63, 3.8) is 0 Å². The molecule has 10 heteroatoms. The van der Waals surface area contributed by atoms with E-state index < -0.39 is 37.9 Å². The minimum absolute atomic E-state index is 0.156. The van der Waals surface area contributed by atoms with Gasteiger partial charge >= 0.3 is 11.9 Å². The van der Waals surface area contributed by atoms with E-state index in [1.165, 1.54) is 6.08 Å². The first kappa shape index (κ1) is 18.5. The van der Waals surface area contributed by atoms with Crippen molar-refractivity contribution >= 4 is 81.5 Å². The minimum atomic E-state index is -2.13. The summed E-state index contributed by atoms with van der Waals surface area (Å²) in [7, 11) is 0. The summed E-state index contributed by atoms with van der Waals surface area (Å²) in [6, 6.07) is 0. The van der Waals surface area contributed by atoms with Crippen molar-refractivity contribution in [1.82, 2.24) is 0 Å². The van der Waals surface area contributed by atoms with Crippen molar-refractivity contribution in [2.24, 2.45) is 11.8 Å². The molecule has 1 N–H and O–H groups in total. The molecule has 0 unspecified atom stereocenters. The SMILES string of the molecule is C=CCOC(=O)[C@H]1[C@H](C(=O)O)[C@]2(Cl)C(Cl)=C(Cl)[C@]1(Cl)C2(Cl)Cl. The number of carboxylic acid groups (broad SMARTS) is 1. The van der Waals surface area contributed by atoms with Crippen LogP contribution in [-0.4, -0.2) is 37.7 Å². The highest BCUT2D eigenvalue weighted by atomic mass is 35.5. The van der Waals surface area contributed by atoms with Gasteiger partial charge in [-0.2, -0.15) is 0 Å². The first-order valence-electron chi connectivity index (χ1n) is 5.81. The molecule has 0 aromatic carbocycles. The van der Waals surface area contributed by atoms with Crippen molar-refractivity contribution in [1.29, 1.82) is 0 Å². The van der Waals surface area contributed by atoms with Crippen LogP contribution >= 0.6 is 69.6 Å². The first-order valence-corrected chi connectivity index (χ1v) is 8.08. The Labute approximate surface area is 155 Å². The summed E-state index contributed by atoms with van der Waals surface area (Å²) in [6.07, 6.45) is 1.30. The van der Waals surface area contributed by atoms with Gasteiger partial charge < -0.3 is 9.84 Å². The molecule has 1 fully saturated rings. The smallest absolute Gasteiger partial charge is 0.312 e. The van der Waals surface area contributed by atoms with Gasteiger partial charge in [-0.1, -0.05) is 59.1 Å². The molecule has 0 amide bonds. The maximum Gasteiger partial charge on any atom is 0.312 e. The van der Waals surface area contributed by atoms with Crippen LogP contribution in [0, 0.1) is 11.8 Å². The molecular formula is C12H8Cl6O4. The lowest BCUT2D eigenvalue weighted by Crippen LogP contribution is -2.46. The zero-order valence-electron chi connectivity index (χ0n) is 10.6. The van der Waals surface area contributed by atoms with Crippen LogP contribution in [-0.2, 0) is 14.3 Å². The van der Waals surface area contributed by atoms with E-state index in [1.54, 1.807) is 0 Å². The molecule has 1 saturated carbocycles. The van der Waals surface area contributed by atoms with E-state index in [4.69, 9.17) is 74.3 Å². The van der Waals surface area contributed by atoms with Crippen molar-refractivity contribution in [2.75, 3.05) is 6.61 Å². The minimum Gasteiger partial charge on any atom is -0.481 e. The van der Waals surface area contributed by atoms with Gasteiger partial charge in [0.2, 0.25) is 0 Å². The summed E-state index contributed by atoms with van der Waals surface area (Å²) < 4.78 is 2.76. The molecule has 22 heavy (non-hydrogen) atoms. The average Bonchev–Trinajstić information content (AvgIpc) is 2.64. The zero-order chi connectivity index (χ0) is 17.1. The van der Waals surface area contributed by atoms with Crippen LogP contribution in [0.1, 0.15) is 0 Å². The number of fused-ring (bicyclic) bond motifs is 2.